The molecule has 0 aliphatic heterocycles. The van der Waals surface area contributed by atoms with E-state index in [-0.39, 0.29) is 51.8 Å². The molecule has 0 fully saturated rings. The van der Waals surface area contributed by atoms with Crippen molar-refractivity contribution >= 4 is 0 Å². The van der Waals surface area contributed by atoms with Gasteiger partial charge in [-0.05, 0) is 0 Å². The molecule has 1 atom stereocenters. The van der Waals surface area contributed by atoms with E-state index in [1.807, 2.05) is 0 Å². The normalized spacial score (nSPS) is 19.0. The van der Waals surface area contributed by atoms with Crippen LogP contribution in [0.25, 0.3) is 0 Å². The summed E-state index contributed by atoms with van der Waals surface area (Å²) in [4.78, 5) is 0. The fourth-order valence-corrected chi connectivity index (χ4v) is 6.65. The first-order valence-electron chi connectivity index (χ1n) is 9.40. The third-order valence-corrected chi connectivity index (χ3v) is 7.71. The third kappa shape index (κ3) is 4.30. The minimum Gasteiger partial charge on any atom is -1.00 e. The number of hydrogen-bond acceptors (Lipinski definition) is 0. The van der Waals surface area contributed by atoms with Gasteiger partial charge in [0, 0.05) is 0 Å². The summed E-state index contributed by atoms with van der Waals surface area (Å²) in [6.45, 7) is 14.0. The molecule has 0 bridgehead atoms. The first kappa shape index (κ1) is 28.5. The van der Waals surface area contributed by atoms with Gasteiger partial charge in [-0.3, -0.25) is 0 Å². The van der Waals surface area contributed by atoms with Crippen LogP contribution in [0.3, 0.4) is 0 Å². The van der Waals surface area contributed by atoms with Gasteiger partial charge in [-0.1, -0.05) is 0 Å². The monoisotopic (exact) mass is 482 g/mol. The average molecular weight is 484 g/mol. The molecule has 4 heteroatoms. The van der Waals surface area contributed by atoms with Crippen LogP contribution in [0.1, 0.15) is 52.7 Å². The molecule has 3 rings (SSSR count). The molecule has 1 aliphatic carbocycles. The summed E-state index contributed by atoms with van der Waals surface area (Å²) in [7, 11) is 0. The standard InChI is InChI=1S/C25H29.3ClH.Ti/c1-18-17-23(20(3)19(18)2)25(24(4,5)6,21-13-9-7-10-14-21)22-15-11-8-12-16-22;;;;/h7-17H,1-6H3;3*1H;/q;;;;+3/p-3. The molecule has 0 nitrogen and oxygen atoms in total. The molecule has 0 N–H and O–H groups in total. The predicted molar refractivity (Wildman–Crippen MR) is 108 cm³/mol. The molecule has 29 heavy (non-hydrogen) atoms. The number of rotatable bonds is 3. The summed E-state index contributed by atoms with van der Waals surface area (Å²) in [5.41, 5.74) is 6.97. The Bertz CT molecular complexity index is 824. The van der Waals surface area contributed by atoms with Crippen LogP contribution in [0.5, 0.6) is 0 Å². The molecule has 2 aromatic rings. The molecule has 154 valence electrons. The van der Waals surface area contributed by atoms with Gasteiger partial charge in [0.2, 0.25) is 0 Å². The third-order valence-electron chi connectivity index (χ3n) is 6.31. The van der Waals surface area contributed by atoms with Gasteiger partial charge < -0.3 is 37.2 Å². The molecule has 0 saturated carbocycles. The second-order valence-electron chi connectivity index (χ2n) is 8.62. The molecule has 1 aliphatic rings. The van der Waals surface area contributed by atoms with Crippen LogP contribution in [0.15, 0.2) is 83.5 Å². The zero-order chi connectivity index (χ0) is 19.2. The van der Waals surface area contributed by atoms with E-state index in [4.69, 9.17) is 0 Å². The fraction of sp³-hybridized carbons (Fsp3) is 0.360. The fourth-order valence-electron chi connectivity index (χ4n) is 4.98. The minimum atomic E-state index is -0.161. The van der Waals surface area contributed by atoms with Crippen molar-refractivity contribution in [2.45, 2.75) is 50.7 Å². The van der Waals surface area contributed by atoms with Crippen LogP contribution >= 0.6 is 0 Å². The zero-order valence-electron chi connectivity index (χ0n) is 18.0. The Hall–Kier alpha value is -0.496. The van der Waals surface area contributed by atoms with E-state index in [1.165, 1.54) is 27.8 Å². The van der Waals surface area contributed by atoms with Crippen LogP contribution in [0.2, 0.25) is 3.72 Å². The van der Waals surface area contributed by atoms with Crippen LogP contribution in [0, 0.1) is 5.41 Å². The quantitative estimate of drug-likeness (QED) is 0.445. The second-order valence-corrected chi connectivity index (χ2v) is 9.85. The SMILES string of the molecule is CC1=C[C]([Ti+3])(C(c2ccccc2)(c2ccccc2)C(C)(C)C)C(C)=C1C.[Cl-].[Cl-].[Cl-]. The van der Waals surface area contributed by atoms with Gasteiger partial charge in [-0.2, -0.15) is 0 Å². The molecule has 2 aromatic carbocycles. The van der Waals surface area contributed by atoms with Gasteiger partial charge in [-0.15, -0.1) is 0 Å². The Morgan fingerprint density at radius 2 is 1.07 bits per heavy atom. The number of allylic oxidation sites excluding steroid dienone is 4. The summed E-state index contributed by atoms with van der Waals surface area (Å²) in [6.07, 6.45) is 2.52. The molecule has 0 spiro atoms. The van der Waals surface area contributed by atoms with Crippen molar-refractivity contribution in [2.24, 2.45) is 5.41 Å². The van der Waals surface area contributed by atoms with Gasteiger partial charge in [0.1, 0.15) is 0 Å². The van der Waals surface area contributed by atoms with Crippen LogP contribution < -0.4 is 37.2 Å². The Kier molecular flexibility index (Phi) is 10.0. The van der Waals surface area contributed by atoms with Crippen LogP contribution in [-0.4, -0.2) is 0 Å². The zero-order valence-corrected chi connectivity index (χ0v) is 21.8. The Morgan fingerprint density at radius 1 is 0.690 bits per heavy atom. The molecule has 0 saturated heterocycles. The van der Waals surface area contributed by atoms with Gasteiger partial charge in [0.25, 0.3) is 0 Å². The topological polar surface area (TPSA) is 0 Å². The summed E-state index contributed by atoms with van der Waals surface area (Å²) >= 11 is 2.44. The van der Waals surface area contributed by atoms with E-state index in [1.54, 1.807) is 0 Å². The minimum absolute atomic E-state index is 0. The predicted octanol–water partition coefficient (Wildman–Crippen LogP) is -1.97. The van der Waals surface area contributed by atoms with Crippen molar-refractivity contribution < 1.29 is 57.7 Å². The molecule has 0 heterocycles. The van der Waals surface area contributed by atoms with Gasteiger partial charge >= 0.3 is 171 Å². The summed E-state index contributed by atoms with van der Waals surface area (Å²) in [6, 6.07) is 22.2. The van der Waals surface area contributed by atoms with Crippen molar-refractivity contribution in [3.8, 4) is 0 Å². The summed E-state index contributed by atoms with van der Waals surface area (Å²) in [5, 5.41) is 0. The number of halogens is 3. The van der Waals surface area contributed by atoms with Crippen molar-refractivity contribution in [1.82, 2.24) is 0 Å². The maximum absolute atomic E-state index is 2.52. The average Bonchev–Trinajstić information content (AvgIpc) is 2.80. The van der Waals surface area contributed by atoms with Crippen molar-refractivity contribution in [1.29, 1.82) is 0 Å². The van der Waals surface area contributed by atoms with Crippen molar-refractivity contribution in [3.05, 3.63) is 94.6 Å². The molecule has 1 unspecified atom stereocenters. The second kappa shape index (κ2) is 10.2. The largest absolute Gasteiger partial charge is 1.00 e. The van der Waals surface area contributed by atoms with Crippen LogP contribution in [-0.2, 0) is 25.9 Å². The van der Waals surface area contributed by atoms with E-state index in [0.29, 0.717) is 0 Å². The van der Waals surface area contributed by atoms with E-state index in [0.717, 1.165) is 0 Å². The van der Waals surface area contributed by atoms with Crippen molar-refractivity contribution in [2.75, 3.05) is 0 Å². The molecule has 0 radical (unpaired) electrons. The van der Waals surface area contributed by atoms with Gasteiger partial charge in [-0.25, -0.2) is 0 Å². The summed E-state index contributed by atoms with van der Waals surface area (Å²) in [5.74, 6) is 0. The van der Waals surface area contributed by atoms with Gasteiger partial charge in [0.05, 0.1) is 0 Å². The van der Waals surface area contributed by atoms with E-state index < -0.39 is 0 Å². The molecule has 0 amide bonds. The molecule has 0 aromatic heterocycles. The van der Waals surface area contributed by atoms with Crippen LogP contribution in [0.4, 0.5) is 0 Å². The Labute approximate surface area is 207 Å². The Morgan fingerprint density at radius 3 is 1.34 bits per heavy atom. The van der Waals surface area contributed by atoms with Crippen molar-refractivity contribution in [3.63, 3.8) is 0 Å². The van der Waals surface area contributed by atoms with E-state index >= 15 is 0 Å². The first-order valence-corrected chi connectivity index (χ1v) is 10.2. The maximum Gasteiger partial charge on any atom is -1.00 e. The van der Waals surface area contributed by atoms with Gasteiger partial charge in [0.15, 0.2) is 0 Å². The molecular formula is C25H29Cl3Ti. The van der Waals surface area contributed by atoms with E-state index in [2.05, 4.69) is 129 Å². The summed E-state index contributed by atoms with van der Waals surface area (Å²) < 4.78 is -0.0812. The first-order chi connectivity index (χ1) is 12.2. The number of hydrogen-bond donors (Lipinski definition) is 0. The maximum atomic E-state index is 2.52. The van der Waals surface area contributed by atoms with E-state index in [9.17, 15) is 0 Å². The number of benzene rings is 2. The Balaban J connectivity index is 0.00000261. The smallest absolute Gasteiger partial charge is 1.00 e. The molecular weight excluding hydrogens is 455 g/mol.